The van der Waals surface area contributed by atoms with Crippen molar-refractivity contribution in [2.24, 2.45) is 0 Å². The first-order valence-corrected chi connectivity index (χ1v) is 7.56. The molecule has 0 bridgehead atoms. The van der Waals surface area contributed by atoms with E-state index in [1.54, 1.807) is 19.1 Å². The Hall–Kier alpha value is -1.79. The molecule has 1 aromatic heterocycles. The van der Waals surface area contributed by atoms with E-state index in [2.05, 4.69) is 27.0 Å². The van der Waals surface area contributed by atoms with E-state index in [1.807, 2.05) is 6.07 Å². The lowest BCUT2D eigenvalue weighted by molar-refractivity contribution is 0.216. The number of aryl methyl sites for hydroxylation is 1. The van der Waals surface area contributed by atoms with E-state index >= 15 is 0 Å². The SMILES string of the molecule is Cc1nc(CN(C)[C@H]2CCN(Cc3cccc(F)c3)C2)no1. The molecule has 1 atom stereocenters. The minimum atomic E-state index is -0.169. The van der Waals surface area contributed by atoms with Gasteiger partial charge in [-0.3, -0.25) is 9.80 Å². The molecule has 1 aliphatic rings. The van der Waals surface area contributed by atoms with Gasteiger partial charge in [0.2, 0.25) is 5.89 Å². The Balaban J connectivity index is 1.53. The van der Waals surface area contributed by atoms with E-state index in [0.29, 0.717) is 18.5 Å². The summed E-state index contributed by atoms with van der Waals surface area (Å²) in [6.07, 6.45) is 1.10. The van der Waals surface area contributed by atoms with Crippen LogP contribution in [-0.4, -0.2) is 46.1 Å². The Morgan fingerprint density at radius 2 is 2.32 bits per heavy atom. The van der Waals surface area contributed by atoms with Gasteiger partial charge in [-0.2, -0.15) is 4.98 Å². The monoisotopic (exact) mass is 304 g/mol. The molecule has 1 aromatic carbocycles. The van der Waals surface area contributed by atoms with Crippen molar-refractivity contribution in [3.63, 3.8) is 0 Å². The average Bonchev–Trinajstić information content (AvgIpc) is 3.08. The van der Waals surface area contributed by atoms with Crippen molar-refractivity contribution >= 4 is 0 Å². The van der Waals surface area contributed by atoms with Gasteiger partial charge in [0.1, 0.15) is 5.82 Å². The molecule has 0 N–H and O–H groups in total. The van der Waals surface area contributed by atoms with Crippen molar-refractivity contribution in [3.05, 3.63) is 47.4 Å². The second kappa shape index (κ2) is 6.54. The highest BCUT2D eigenvalue weighted by atomic mass is 19.1. The number of halogens is 1. The molecule has 6 heteroatoms. The first-order valence-electron chi connectivity index (χ1n) is 7.56. The van der Waals surface area contributed by atoms with E-state index in [0.717, 1.165) is 37.4 Å². The second-order valence-electron chi connectivity index (χ2n) is 5.95. The summed E-state index contributed by atoms with van der Waals surface area (Å²) in [4.78, 5) is 8.86. The smallest absolute Gasteiger partial charge is 0.223 e. The summed E-state index contributed by atoms with van der Waals surface area (Å²) in [6, 6.07) is 7.30. The van der Waals surface area contributed by atoms with Gasteiger partial charge in [0.05, 0.1) is 6.54 Å². The topological polar surface area (TPSA) is 45.4 Å². The van der Waals surface area contributed by atoms with Crippen molar-refractivity contribution < 1.29 is 8.91 Å². The Morgan fingerprint density at radius 1 is 1.45 bits per heavy atom. The molecule has 0 amide bonds. The first kappa shape index (κ1) is 15.1. The summed E-state index contributed by atoms with van der Waals surface area (Å²) in [5.74, 6) is 1.16. The third-order valence-corrected chi connectivity index (χ3v) is 4.13. The normalized spacial score (nSPS) is 19.2. The molecule has 5 nitrogen and oxygen atoms in total. The molecule has 0 spiro atoms. The summed E-state index contributed by atoms with van der Waals surface area (Å²) in [5.41, 5.74) is 1.03. The zero-order chi connectivity index (χ0) is 15.5. The molecule has 0 unspecified atom stereocenters. The van der Waals surface area contributed by atoms with E-state index in [1.165, 1.54) is 6.07 Å². The van der Waals surface area contributed by atoms with Crippen LogP contribution in [0.5, 0.6) is 0 Å². The molecule has 22 heavy (non-hydrogen) atoms. The molecule has 0 aliphatic carbocycles. The van der Waals surface area contributed by atoms with Crippen LogP contribution in [0, 0.1) is 12.7 Å². The number of benzene rings is 1. The standard InChI is InChI=1S/C16H21FN4O/c1-12-18-16(19-22-12)11-20(2)15-6-7-21(10-15)9-13-4-3-5-14(17)8-13/h3-5,8,15H,6-7,9-11H2,1-2H3/t15-/m0/s1. The Labute approximate surface area is 129 Å². The summed E-state index contributed by atoms with van der Waals surface area (Å²) in [7, 11) is 2.09. The van der Waals surface area contributed by atoms with Crippen LogP contribution in [0.25, 0.3) is 0 Å². The predicted molar refractivity (Wildman–Crippen MR) is 80.6 cm³/mol. The fourth-order valence-corrected chi connectivity index (χ4v) is 2.97. The maximum atomic E-state index is 13.2. The summed E-state index contributed by atoms with van der Waals surface area (Å²) in [5, 5.41) is 3.94. The molecular formula is C16H21FN4O. The van der Waals surface area contributed by atoms with E-state index in [4.69, 9.17) is 4.52 Å². The van der Waals surface area contributed by atoms with Crippen LogP contribution in [0.4, 0.5) is 4.39 Å². The zero-order valence-electron chi connectivity index (χ0n) is 13.0. The maximum absolute atomic E-state index is 13.2. The molecule has 0 saturated carbocycles. The largest absolute Gasteiger partial charge is 0.340 e. The number of rotatable bonds is 5. The third-order valence-electron chi connectivity index (χ3n) is 4.13. The predicted octanol–water partition coefficient (Wildman–Crippen LogP) is 2.22. The Kier molecular flexibility index (Phi) is 4.49. The first-order chi connectivity index (χ1) is 10.6. The third kappa shape index (κ3) is 3.69. The molecule has 3 rings (SSSR count). The highest BCUT2D eigenvalue weighted by Crippen LogP contribution is 2.18. The Bertz CT molecular complexity index is 630. The van der Waals surface area contributed by atoms with Gasteiger partial charge in [-0.1, -0.05) is 17.3 Å². The second-order valence-corrected chi connectivity index (χ2v) is 5.95. The molecule has 1 saturated heterocycles. The molecule has 118 valence electrons. The Morgan fingerprint density at radius 3 is 3.05 bits per heavy atom. The van der Waals surface area contributed by atoms with Gasteiger partial charge in [-0.25, -0.2) is 4.39 Å². The van der Waals surface area contributed by atoms with Crippen LogP contribution in [0.15, 0.2) is 28.8 Å². The lowest BCUT2D eigenvalue weighted by Crippen LogP contribution is -2.34. The van der Waals surface area contributed by atoms with Gasteiger partial charge in [-0.05, 0) is 31.2 Å². The number of likely N-dealkylation sites (N-methyl/N-ethyl adjacent to an activating group) is 1. The summed E-state index contributed by atoms with van der Waals surface area (Å²) >= 11 is 0. The quantitative estimate of drug-likeness (QED) is 0.847. The highest BCUT2D eigenvalue weighted by Gasteiger charge is 2.26. The minimum Gasteiger partial charge on any atom is -0.340 e. The van der Waals surface area contributed by atoms with Crippen molar-refractivity contribution in [3.8, 4) is 0 Å². The summed E-state index contributed by atoms with van der Waals surface area (Å²) < 4.78 is 18.2. The lowest BCUT2D eigenvalue weighted by atomic mass is 10.2. The fraction of sp³-hybridized carbons (Fsp3) is 0.500. The lowest BCUT2D eigenvalue weighted by Gasteiger charge is -2.23. The molecule has 2 aromatic rings. The van der Waals surface area contributed by atoms with Gasteiger partial charge >= 0.3 is 0 Å². The number of likely N-dealkylation sites (tertiary alicyclic amines) is 1. The molecule has 2 heterocycles. The van der Waals surface area contributed by atoms with E-state index in [9.17, 15) is 4.39 Å². The van der Waals surface area contributed by atoms with Gasteiger partial charge < -0.3 is 4.52 Å². The van der Waals surface area contributed by atoms with Gasteiger partial charge in [-0.15, -0.1) is 0 Å². The maximum Gasteiger partial charge on any atom is 0.223 e. The van der Waals surface area contributed by atoms with Crippen LogP contribution in [0.2, 0.25) is 0 Å². The zero-order valence-corrected chi connectivity index (χ0v) is 13.0. The van der Waals surface area contributed by atoms with E-state index < -0.39 is 0 Å². The van der Waals surface area contributed by atoms with Crippen LogP contribution >= 0.6 is 0 Å². The average molecular weight is 304 g/mol. The minimum absolute atomic E-state index is 0.169. The number of nitrogens with zero attached hydrogens (tertiary/aromatic N) is 4. The molecule has 1 fully saturated rings. The van der Waals surface area contributed by atoms with Gasteiger partial charge in [0.25, 0.3) is 0 Å². The van der Waals surface area contributed by atoms with Gasteiger partial charge in [0, 0.05) is 32.6 Å². The van der Waals surface area contributed by atoms with E-state index in [-0.39, 0.29) is 5.82 Å². The van der Waals surface area contributed by atoms with Crippen molar-refractivity contribution in [1.29, 1.82) is 0 Å². The fourth-order valence-electron chi connectivity index (χ4n) is 2.97. The van der Waals surface area contributed by atoms with Crippen molar-refractivity contribution in [2.75, 3.05) is 20.1 Å². The van der Waals surface area contributed by atoms with Crippen molar-refractivity contribution in [1.82, 2.24) is 19.9 Å². The van der Waals surface area contributed by atoms with Crippen LogP contribution in [0.3, 0.4) is 0 Å². The van der Waals surface area contributed by atoms with Crippen LogP contribution in [0.1, 0.15) is 23.7 Å². The number of hydrogen-bond donors (Lipinski definition) is 0. The van der Waals surface area contributed by atoms with Gasteiger partial charge in [0.15, 0.2) is 5.82 Å². The number of aromatic nitrogens is 2. The van der Waals surface area contributed by atoms with Crippen LogP contribution in [-0.2, 0) is 13.1 Å². The van der Waals surface area contributed by atoms with Crippen molar-refractivity contribution in [2.45, 2.75) is 32.5 Å². The molecule has 1 aliphatic heterocycles. The summed E-state index contributed by atoms with van der Waals surface area (Å²) in [6.45, 7) is 5.28. The molecule has 0 radical (unpaired) electrons. The number of hydrogen-bond acceptors (Lipinski definition) is 5. The molecular weight excluding hydrogens is 283 g/mol. The highest BCUT2D eigenvalue weighted by molar-refractivity contribution is 5.16. The van der Waals surface area contributed by atoms with Crippen LogP contribution < -0.4 is 0 Å².